The molecule has 8 nitrogen and oxygen atoms in total. The molecule has 1 aromatic rings. The Labute approximate surface area is 148 Å². The summed E-state index contributed by atoms with van der Waals surface area (Å²) in [5.41, 5.74) is 1.48. The van der Waals surface area contributed by atoms with Gasteiger partial charge in [0.25, 0.3) is 5.91 Å². The third kappa shape index (κ3) is 3.77. The molecular weight excluding hydrogens is 402 g/mol. The predicted molar refractivity (Wildman–Crippen MR) is 88.6 cm³/mol. The van der Waals surface area contributed by atoms with Crippen molar-refractivity contribution in [1.82, 2.24) is 14.7 Å². The Balaban J connectivity index is 2.34. The molecule has 1 atom stereocenters. The number of halogens is 1. The predicted octanol–water partition coefficient (Wildman–Crippen LogP) is 0.566. The minimum Gasteiger partial charge on any atom is -0.339 e. The van der Waals surface area contributed by atoms with E-state index in [0.29, 0.717) is 0 Å². The molecule has 1 unspecified atom stereocenters. The van der Waals surface area contributed by atoms with Gasteiger partial charge < -0.3 is 4.90 Å². The summed E-state index contributed by atoms with van der Waals surface area (Å²) in [4.78, 5) is 25.3. The Morgan fingerprint density at radius 3 is 2.46 bits per heavy atom. The van der Waals surface area contributed by atoms with E-state index in [1.807, 2.05) is 0 Å². The summed E-state index contributed by atoms with van der Waals surface area (Å²) in [6.45, 7) is 1.75. The number of carbonyl (C=O) groups excluding carboxylic acids is 2. The van der Waals surface area contributed by atoms with Crippen molar-refractivity contribution in [3.63, 3.8) is 0 Å². The number of nitrogens with zero attached hydrogens (tertiary/aromatic N) is 2. The van der Waals surface area contributed by atoms with Gasteiger partial charge in [-0.1, -0.05) is 22.9 Å². The Hall–Kier alpha value is -1.49. The molecule has 1 saturated heterocycles. The van der Waals surface area contributed by atoms with Gasteiger partial charge in [0.05, 0.1) is 4.90 Å². The van der Waals surface area contributed by atoms with Gasteiger partial charge in [-0.15, -0.1) is 0 Å². The molecule has 0 spiro atoms. The van der Waals surface area contributed by atoms with Crippen molar-refractivity contribution in [2.75, 3.05) is 19.6 Å². The number of amides is 2. The average molecular weight is 420 g/mol. The molecule has 0 radical (unpaired) electrons. The second kappa shape index (κ2) is 7.60. The monoisotopic (exact) mass is 419 g/mol. The van der Waals surface area contributed by atoms with E-state index in [4.69, 9.17) is 5.21 Å². The van der Waals surface area contributed by atoms with Crippen LogP contribution in [0.5, 0.6) is 0 Å². The van der Waals surface area contributed by atoms with Gasteiger partial charge in [-0.25, -0.2) is 13.9 Å². The number of carbonyl (C=O) groups is 2. The van der Waals surface area contributed by atoms with Gasteiger partial charge in [-0.05, 0) is 24.3 Å². The molecule has 1 aliphatic heterocycles. The van der Waals surface area contributed by atoms with Crippen LogP contribution in [0.15, 0.2) is 33.6 Å². The lowest BCUT2D eigenvalue weighted by molar-refractivity contribution is -0.139. The van der Waals surface area contributed by atoms with Gasteiger partial charge in [-0.3, -0.25) is 14.8 Å². The third-order valence-electron chi connectivity index (χ3n) is 3.82. The molecule has 0 bridgehead atoms. The molecule has 1 aliphatic rings. The second-order valence-corrected chi connectivity index (χ2v) is 8.06. The lowest BCUT2D eigenvalue weighted by Gasteiger charge is -2.39. The standard InChI is InChI=1S/C14H18BrN3O5S/c1-2-13(19)17-7-8-18(12(9-17)14(20)16-21)24(22,23)11-5-3-10(15)4-6-11/h3-6,12,21H,2,7-9H2,1H3,(H,16,20). The first-order valence-corrected chi connectivity index (χ1v) is 9.53. The van der Waals surface area contributed by atoms with Crippen molar-refractivity contribution < 1.29 is 23.2 Å². The van der Waals surface area contributed by atoms with E-state index in [1.165, 1.54) is 22.5 Å². The molecule has 2 rings (SSSR count). The van der Waals surface area contributed by atoms with Gasteiger partial charge in [-0.2, -0.15) is 4.31 Å². The Morgan fingerprint density at radius 1 is 1.29 bits per heavy atom. The highest BCUT2D eigenvalue weighted by Gasteiger charge is 2.41. The lowest BCUT2D eigenvalue weighted by atomic mass is 10.2. The van der Waals surface area contributed by atoms with Crippen LogP contribution in [-0.4, -0.2) is 60.3 Å². The zero-order valence-electron chi connectivity index (χ0n) is 13.0. The second-order valence-electron chi connectivity index (χ2n) is 5.25. The summed E-state index contributed by atoms with van der Waals surface area (Å²) in [7, 11) is -3.94. The van der Waals surface area contributed by atoms with Gasteiger partial charge in [0.1, 0.15) is 6.04 Å². The van der Waals surface area contributed by atoms with Crippen molar-refractivity contribution in [1.29, 1.82) is 0 Å². The highest BCUT2D eigenvalue weighted by molar-refractivity contribution is 9.10. The highest BCUT2D eigenvalue weighted by Crippen LogP contribution is 2.23. The van der Waals surface area contributed by atoms with Crippen LogP contribution < -0.4 is 5.48 Å². The molecular formula is C14H18BrN3O5S. The van der Waals surface area contributed by atoms with Crippen molar-refractivity contribution in [3.05, 3.63) is 28.7 Å². The van der Waals surface area contributed by atoms with Gasteiger partial charge >= 0.3 is 0 Å². The lowest BCUT2D eigenvalue weighted by Crippen LogP contribution is -2.61. The highest BCUT2D eigenvalue weighted by atomic mass is 79.9. The number of sulfonamides is 1. The maximum atomic E-state index is 12.8. The molecule has 1 aromatic carbocycles. The van der Waals surface area contributed by atoms with E-state index in [9.17, 15) is 18.0 Å². The number of hydroxylamine groups is 1. The summed E-state index contributed by atoms with van der Waals surface area (Å²) in [6, 6.07) is 4.84. The fraction of sp³-hybridized carbons (Fsp3) is 0.429. The maximum Gasteiger partial charge on any atom is 0.263 e. The fourth-order valence-corrected chi connectivity index (χ4v) is 4.37. The molecule has 0 aliphatic carbocycles. The molecule has 2 N–H and O–H groups in total. The van der Waals surface area contributed by atoms with Crippen molar-refractivity contribution in [2.24, 2.45) is 0 Å². The van der Waals surface area contributed by atoms with Crippen molar-refractivity contribution in [3.8, 4) is 0 Å². The SMILES string of the molecule is CCC(=O)N1CCN(S(=O)(=O)c2ccc(Br)cc2)C(C(=O)NO)C1. The van der Waals surface area contributed by atoms with Crippen LogP contribution in [0.4, 0.5) is 0 Å². The molecule has 0 saturated carbocycles. The first-order valence-electron chi connectivity index (χ1n) is 7.30. The first-order chi connectivity index (χ1) is 11.3. The van der Waals surface area contributed by atoms with E-state index in [1.54, 1.807) is 19.1 Å². The topological polar surface area (TPSA) is 107 Å². The van der Waals surface area contributed by atoms with Crippen LogP contribution in [0.2, 0.25) is 0 Å². The number of hydrogen-bond donors (Lipinski definition) is 2. The summed E-state index contributed by atoms with van der Waals surface area (Å²) in [5, 5.41) is 8.93. The minimum atomic E-state index is -3.94. The van der Waals surface area contributed by atoms with Crippen LogP contribution in [0.3, 0.4) is 0 Å². The largest absolute Gasteiger partial charge is 0.339 e. The molecule has 1 fully saturated rings. The average Bonchev–Trinajstić information content (AvgIpc) is 2.60. The molecule has 24 heavy (non-hydrogen) atoms. The number of nitrogens with one attached hydrogen (secondary N) is 1. The first kappa shape index (κ1) is 18.8. The molecule has 132 valence electrons. The van der Waals surface area contributed by atoms with Crippen LogP contribution >= 0.6 is 15.9 Å². The van der Waals surface area contributed by atoms with Gasteiger partial charge in [0.15, 0.2) is 0 Å². The zero-order valence-corrected chi connectivity index (χ0v) is 15.4. The Bertz CT molecular complexity index is 722. The van der Waals surface area contributed by atoms with Crippen molar-refractivity contribution >= 4 is 37.8 Å². The molecule has 1 heterocycles. The van der Waals surface area contributed by atoms with Gasteiger partial charge in [0.2, 0.25) is 15.9 Å². The minimum absolute atomic E-state index is 0.0256. The Morgan fingerprint density at radius 2 is 1.92 bits per heavy atom. The van der Waals surface area contributed by atoms with E-state index in [-0.39, 0.29) is 36.9 Å². The quantitative estimate of drug-likeness (QED) is 0.547. The Kier molecular flexibility index (Phi) is 5.97. The number of hydrogen-bond acceptors (Lipinski definition) is 5. The summed E-state index contributed by atoms with van der Waals surface area (Å²) in [5.74, 6) is -1.05. The number of benzene rings is 1. The van der Waals surface area contributed by atoms with Crippen molar-refractivity contribution in [2.45, 2.75) is 24.3 Å². The van der Waals surface area contributed by atoms with E-state index in [2.05, 4.69) is 15.9 Å². The van der Waals surface area contributed by atoms with Crippen LogP contribution in [0, 0.1) is 0 Å². The number of rotatable bonds is 4. The number of piperazine rings is 1. The third-order valence-corrected chi connectivity index (χ3v) is 6.27. The summed E-state index contributed by atoms with van der Waals surface area (Å²) >= 11 is 3.24. The van der Waals surface area contributed by atoms with E-state index >= 15 is 0 Å². The van der Waals surface area contributed by atoms with E-state index in [0.717, 1.165) is 8.78 Å². The normalized spacial score (nSPS) is 19.1. The summed E-state index contributed by atoms with van der Waals surface area (Å²) < 4.78 is 27.4. The van der Waals surface area contributed by atoms with E-state index < -0.39 is 22.0 Å². The molecule has 2 amide bonds. The van der Waals surface area contributed by atoms with Gasteiger partial charge in [0, 0.05) is 30.5 Å². The van der Waals surface area contributed by atoms with Crippen LogP contribution in [0.1, 0.15) is 13.3 Å². The maximum absolute atomic E-state index is 12.8. The molecule has 0 aromatic heterocycles. The summed E-state index contributed by atoms with van der Waals surface area (Å²) in [6.07, 6.45) is 0.257. The smallest absolute Gasteiger partial charge is 0.263 e. The molecule has 10 heteroatoms. The van der Waals surface area contributed by atoms with Crippen LogP contribution in [-0.2, 0) is 19.6 Å². The van der Waals surface area contributed by atoms with Crippen LogP contribution in [0.25, 0.3) is 0 Å². The zero-order chi connectivity index (χ0) is 17.9. The fourth-order valence-electron chi connectivity index (χ4n) is 2.53.